The lowest BCUT2D eigenvalue weighted by Gasteiger charge is -2.58. The van der Waals surface area contributed by atoms with Crippen molar-refractivity contribution in [3.8, 4) is 0 Å². The molecule has 9 heteroatoms. The Morgan fingerprint density at radius 2 is 1.94 bits per heavy atom. The van der Waals surface area contributed by atoms with Crippen molar-refractivity contribution in [2.45, 2.75) is 71.1 Å². The minimum absolute atomic E-state index is 0.0309. The van der Waals surface area contributed by atoms with Gasteiger partial charge in [-0.15, -0.1) is 0 Å². The third-order valence-corrected chi connectivity index (χ3v) is 7.49. The molecule has 0 radical (unpaired) electrons. The second kappa shape index (κ2) is 8.01. The van der Waals surface area contributed by atoms with E-state index in [2.05, 4.69) is 15.7 Å². The van der Waals surface area contributed by atoms with Gasteiger partial charge >= 0.3 is 0 Å². The highest BCUT2D eigenvalue weighted by Gasteiger charge is 2.58. The molecule has 4 saturated carbocycles. The van der Waals surface area contributed by atoms with E-state index in [1.807, 2.05) is 13.8 Å². The third kappa shape index (κ3) is 4.04. The Hall–Kier alpha value is -2.71. The van der Waals surface area contributed by atoms with Gasteiger partial charge in [0.05, 0.1) is 23.0 Å². The number of rotatable bonds is 7. The number of carbonyl (C=O) groups excluding carboxylic acids is 3. The molecule has 8 nitrogen and oxygen atoms in total. The molecule has 174 valence electrons. The van der Waals surface area contributed by atoms with Crippen molar-refractivity contribution >= 4 is 23.9 Å². The molecular weight excluding hydrogens is 413 g/mol. The van der Waals surface area contributed by atoms with Crippen molar-refractivity contribution in [1.82, 2.24) is 20.4 Å². The van der Waals surface area contributed by atoms with Crippen LogP contribution in [0.5, 0.6) is 0 Å². The van der Waals surface area contributed by atoms with Crippen LogP contribution in [0.3, 0.4) is 0 Å². The minimum Gasteiger partial charge on any atom is -0.369 e. The largest absolute Gasteiger partial charge is 0.369 e. The first kappa shape index (κ1) is 22.5. The molecule has 4 N–H and O–H groups in total. The van der Waals surface area contributed by atoms with E-state index in [-0.39, 0.29) is 46.9 Å². The summed E-state index contributed by atoms with van der Waals surface area (Å²) in [6.45, 7) is 4.19. The van der Waals surface area contributed by atoms with Gasteiger partial charge in [0.2, 0.25) is 11.8 Å². The van der Waals surface area contributed by atoms with Crippen molar-refractivity contribution in [3.63, 3.8) is 0 Å². The summed E-state index contributed by atoms with van der Waals surface area (Å²) in [6.07, 6.45) is 8.92. The molecular formula is C23H32FN5O3. The SMILES string of the molecule is CC(=O)NC(C)(C)/C=C/n1ncc(C(=O)NC2C3CC4CC2CC(C(N)=O)(C4)C3)c1CF. The van der Waals surface area contributed by atoms with Crippen LogP contribution in [-0.4, -0.2) is 39.1 Å². The fourth-order valence-electron chi connectivity index (χ4n) is 6.38. The van der Waals surface area contributed by atoms with Crippen molar-refractivity contribution in [2.24, 2.45) is 28.9 Å². The van der Waals surface area contributed by atoms with E-state index in [0.717, 1.165) is 32.1 Å². The molecule has 4 aliphatic rings. The second-order valence-electron chi connectivity index (χ2n) is 10.4. The van der Waals surface area contributed by atoms with Gasteiger partial charge in [-0.25, -0.2) is 9.07 Å². The van der Waals surface area contributed by atoms with Crippen LogP contribution in [0.15, 0.2) is 12.3 Å². The summed E-state index contributed by atoms with van der Waals surface area (Å²) >= 11 is 0. The van der Waals surface area contributed by atoms with Gasteiger partial charge in [0.15, 0.2) is 0 Å². The predicted octanol–water partition coefficient (Wildman–Crippen LogP) is 2.15. The summed E-state index contributed by atoms with van der Waals surface area (Å²) in [5.74, 6) is 0.203. The molecule has 1 aromatic rings. The van der Waals surface area contributed by atoms with Gasteiger partial charge in [-0.05, 0) is 69.8 Å². The smallest absolute Gasteiger partial charge is 0.255 e. The van der Waals surface area contributed by atoms with Crippen LogP contribution < -0.4 is 16.4 Å². The van der Waals surface area contributed by atoms with E-state index >= 15 is 0 Å². The van der Waals surface area contributed by atoms with Gasteiger partial charge in [0, 0.05) is 24.6 Å². The van der Waals surface area contributed by atoms with Gasteiger partial charge in [-0.1, -0.05) is 0 Å². The summed E-state index contributed by atoms with van der Waals surface area (Å²) in [5.41, 5.74) is 5.04. The zero-order valence-electron chi connectivity index (χ0n) is 18.9. The van der Waals surface area contributed by atoms with E-state index in [9.17, 15) is 18.8 Å². The molecule has 0 spiro atoms. The van der Waals surface area contributed by atoms with Crippen LogP contribution in [-0.2, 0) is 16.3 Å². The fraction of sp³-hybridized carbons (Fsp3) is 0.652. The fourth-order valence-corrected chi connectivity index (χ4v) is 6.38. The Morgan fingerprint density at radius 1 is 1.28 bits per heavy atom. The number of alkyl halides is 1. The van der Waals surface area contributed by atoms with E-state index < -0.39 is 17.6 Å². The lowest BCUT2D eigenvalue weighted by atomic mass is 9.47. The van der Waals surface area contributed by atoms with Gasteiger partial charge < -0.3 is 16.4 Å². The average Bonchev–Trinajstić information content (AvgIpc) is 3.10. The first-order valence-corrected chi connectivity index (χ1v) is 11.2. The van der Waals surface area contributed by atoms with Crippen LogP contribution in [0.4, 0.5) is 4.39 Å². The standard InChI is InChI=1S/C23H32FN5O3/c1-13(30)28-22(2,3)4-5-29-18(11-24)17(12-26-29)20(31)27-19-15-6-14-7-16(19)10-23(8-14,9-15)21(25)32/h4-5,12,14-16,19H,6-11H2,1-3H3,(H2,25,32)(H,27,31)(H,28,30)/b5-4+. The van der Waals surface area contributed by atoms with E-state index in [4.69, 9.17) is 5.73 Å². The molecule has 4 fully saturated rings. The van der Waals surface area contributed by atoms with Gasteiger partial charge in [-0.3, -0.25) is 14.4 Å². The van der Waals surface area contributed by atoms with Gasteiger partial charge in [0.1, 0.15) is 6.67 Å². The number of primary amides is 1. The zero-order chi connectivity index (χ0) is 23.3. The first-order valence-electron chi connectivity index (χ1n) is 11.2. The molecule has 2 unspecified atom stereocenters. The van der Waals surface area contributed by atoms with Crippen molar-refractivity contribution < 1.29 is 18.8 Å². The first-order chi connectivity index (χ1) is 15.0. The van der Waals surface area contributed by atoms with Crippen LogP contribution in [0.1, 0.15) is 68.9 Å². The minimum atomic E-state index is -0.849. The summed E-state index contributed by atoms with van der Waals surface area (Å²) in [4.78, 5) is 36.6. The number of aromatic nitrogens is 2. The molecule has 1 heterocycles. The second-order valence-corrected chi connectivity index (χ2v) is 10.4. The number of nitrogens with one attached hydrogen (secondary N) is 2. The average molecular weight is 446 g/mol. The monoisotopic (exact) mass is 445 g/mol. The Balaban J connectivity index is 1.49. The lowest BCUT2D eigenvalue weighted by molar-refractivity contribution is -0.145. The Labute approximate surface area is 187 Å². The third-order valence-electron chi connectivity index (χ3n) is 7.49. The normalized spacial score (nSPS) is 31.1. The molecule has 5 rings (SSSR count). The maximum absolute atomic E-state index is 13.9. The number of nitrogens with two attached hydrogens (primary N) is 1. The van der Waals surface area contributed by atoms with Crippen LogP contribution in [0, 0.1) is 23.2 Å². The number of carbonyl (C=O) groups is 3. The van der Waals surface area contributed by atoms with E-state index in [1.165, 1.54) is 17.8 Å². The number of hydrogen-bond donors (Lipinski definition) is 3. The summed E-state index contributed by atoms with van der Waals surface area (Å²) in [7, 11) is 0. The quantitative estimate of drug-likeness (QED) is 0.596. The Morgan fingerprint density at radius 3 is 2.50 bits per heavy atom. The molecule has 0 aliphatic heterocycles. The molecule has 4 bridgehead atoms. The maximum Gasteiger partial charge on any atom is 0.255 e. The number of halogens is 1. The molecule has 4 aliphatic carbocycles. The van der Waals surface area contributed by atoms with E-state index in [0.29, 0.717) is 5.92 Å². The number of nitrogens with zero attached hydrogens (tertiary/aromatic N) is 2. The Kier molecular flexibility index (Phi) is 5.63. The van der Waals surface area contributed by atoms with Crippen molar-refractivity contribution in [1.29, 1.82) is 0 Å². The number of hydrogen-bond acceptors (Lipinski definition) is 4. The Bertz CT molecular complexity index is 953. The predicted molar refractivity (Wildman–Crippen MR) is 117 cm³/mol. The molecule has 0 saturated heterocycles. The topological polar surface area (TPSA) is 119 Å². The summed E-state index contributed by atoms with van der Waals surface area (Å²) in [5, 5.41) is 10.1. The van der Waals surface area contributed by atoms with Crippen LogP contribution in [0.2, 0.25) is 0 Å². The van der Waals surface area contributed by atoms with E-state index in [1.54, 1.807) is 12.3 Å². The van der Waals surface area contributed by atoms with Gasteiger partial charge in [-0.2, -0.15) is 5.10 Å². The highest BCUT2D eigenvalue weighted by Crippen LogP contribution is 2.59. The van der Waals surface area contributed by atoms with Crippen LogP contribution >= 0.6 is 0 Å². The lowest BCUT2D eigenvalue weighted by Crippen LogP contribution is -2.62. The highest BCUT2D eigenvalue weighted by atomic mass is 19.1. The summed E-state index contributed by atoms with van der Waals surface area (Å²) < 4.78 is 15.2. The maximum atomic E-state index is 13.9. The molecule has 0 aromatic carbocycles. The highest BCUT2D eigenvalue weighted by molar-refractivity contribution is 5.95. The molecule has 2 atom stereocenters. The molecule has 3 amide bonds. The molecule has 1 aromatic heterocycles. The van der Waals surface area contributed by atoms with Gasteiger partial charge in [0.25, 0.3) is 5.91 Å². The summed E-state index contributed by atoms with van der Waals surface area (Å²) in [6, 6.07) is -0.0309. The van der Waals surface area contributed by atoms with Crippen molar-refractivity contribution in [2.75, 3.05) is 0 Å². The molecule has 32 heavy (non-hydrogen) atoms. The van der Waals surface area contributed by atoms with Crippen molar-refractivity contribution in [3.05, 3.63) is 23.5 Å². The zero-order valence-corrected chi connectivity index (χ0v) is 18.9. The van der Waals surface area contributed by atoms with Crippen LogP contribution in [0.25, 0.3) is 6.20 Å². The number of amides is 3.